The lowest BCUT2D eigenvalue weighted by Crippen LogP contribution is -2.25. The quantitative estimate of drug-likeness (QED) is 0.823. The number of benzene rings is 1. The average molecular weight is 257 g/mol. The number of rotatable bonds is 2. The Morgan fingerprint density at radius 2 is 2.24 bits per heavy atom. The van der Waals surface area contributed by atoms with Gasteiger partial charge in [0.25, 0.3) is 10.0 Å². The van der Waals surface area contributed by atoms with Gasteiger partial charge in [0.05, 0.1) is 11.6 Å². The number of hydrogen-bond donors (Lipinski definition) is 2. The number of ether oxygens (including phenoxy) is 1. The molecule has 0 fully saturated rings. The van der Waals surface area contributed by atoms with Crippen molar-refractivity contribution >= 4 is 21.7 Å². The number of anilines is 1. The van der Waals surface area contributed by atoms with Crippen molar-refractivity contribution in [2.45, 2.75) is 12.8 Å². The predicted molar refractivity (Wildman–Crippen MR) is 60.5 cm³/mol. The van der Waals surface area contributed by atoms with Crippen LogP contribution in [0.4, 0.5) is 5.69 Å². The van der Waals surface area contributed by atoms with Crippen LogP contribution in [0.1, 0.15) is 18.4 Å². The fraction of sp³-hybridized carbons (Fsp3) is 0.300. The SMILES string of the molecule is CC(C(=O)O)c1ccc2c(c1)NS(=O)(=O)CO2. The molecule has 6 nitrogen and oxygen atoms in total. The highest BCUT2D eigenvalue weighted by molar-refractivity contribution is 7.92. The first kappa shape index (κ1) is 11.7. The highest BCUT2D eigenvalue weighted by Crippen LogP contribution is 2.32. The van der Waals surface area contributed by atoms with Crippen LogP contribution in [0.25, 0.3) is 0 Å². The first-order valence-corrected chi connectivity index (χ1v) is 6.54. The molecule has 1 unspecified atom stereocenters. The maximum atomic E-state index is 11.3. The van der Waals surface area contributed by atoms with Crippen molar-refractivity contribution in [1.82, 2.24) is 0 Å². The van der Waals surface area contributed by atoms with Gasteiger partial charge in [-0.15, -0.1) is 0 Å². The summed E-state index contributed by atoms with van der Waals surface area (Å²) < 4.78 is 29.9. The topological polar surface area (TPSA) is 92.7 Å². The summed E-state index contributed by atoms with van der Waals surface area (Å²) in [6.07, 6.45) is 0. The molecule has 2 rings (SSSR count). The van der Waals surface area contributed by atoms with Crippen LogP contribution in [0.3, 0.4) is 0 Å². The van der Waals surface area contributed by atoms with Gasteiger partial charge < -0.3 is 9.84 Å². The normalized spacial score (nSPS) is 18.4. The van der Waals surface area contributed by atoms with E-state index in [-0.39, 0.29) is 5.69 Å². The lowest BCUT2D eigenvalue weighted by Gasteiger charge is -2.20. The Labute approximate surface area is 98.3 Å². The summed E-state index contributed by atoms with van der Waals surface area (Å²) in [5.41, 5.74) is 0.798. The Morgan fingerprint density at radius 1 is 1.53 bits per heavy atom. The van der Waals surface area contributed by atoms with Gasteiger partial charge in [0, 0.05) is 0 Å². The van der Waals surface area contributed by atoms with Crippen molar-refractivity contribution in [3.05, 3.63) is 23.8 Å². The summed E-state index contributed by atoms with van der Waals surface area (Å²) in [5.74, 6) is -1.69. The molecule has 17 heavy (non-hydrogen) atoms. The van der Waals surface area contributed by atoms with Gasteiger partial charge >= 0.3 is 5.97 Å². The summed E-state index contributed by atoms with van der Waals surface area (Å²) in [7, 11) is -3.48. The fourth-order valence-electron chi connectivity index (χ4n) is 1.50. The lowest BCUT2D eigenvalue weighted by atomic mass is 10.0. The number of aliphatic carboxylic acids is 1. The second kappa shape index (κ2) is 3.92. The highest BCUT2D eigenvalue weighted by Gasteiger charge is 2.23. The van der Waals surface area contributed by atoms with E-state index in [2.05, 4.69) is 4.72 Å². The summed E-state index contributed by atoms with van der Waals surface area (Å²) in [6.45, 7) is 1.53. The van der Waals surface area contributed by atoms with E-state index >= 15 is 0 Å². The van der Waals surface area contributed by atoms with E-state index in [1.54, 1.807) is 12.1 Å². The number of carboxylic acid groups (broad SMARTS) is 1. The molecule has 0 aromatic heterocycles. The molecule has 92 valence electrons. The molecule has 0 radical (unpaired) electrons. The summed E-state index contributed by atoms with van der Waals surface area (Å²) in [4.78, 5) is 10.8. The average Bonchev–Trinajstić information content (AvgIpc) is 2.25. The zero-order chi connectivity index (χ0) is 12.6. The van der Waals surface area contributed by atoms with E-state index in [0.717, 1.165) is 0 Å². The van der Waals surface area contributed by atoms with E-state index in [9.17, 15) is 13.2 Å². The molecule has 0 aliphatic carbocycles. The van der Waals surface area contributed by atoms with Crippen LogP contribution in [0, 0.1) is 0 Å². The van der Waals surface area contributed by atoms with Gasteiger partial charge in [-0.1, -0.05) is 6.07 Å². The number of carboxylic acids is 1. The zero-order valence-electron chi connectivity index (χ0n) is 9.00. The van der Waals surface area contributed by atoms with Crippen LogP contribution in [0.5, 0.6) is 5.75 Å². The fourth-order valence-corrected chi connectivity index (χ4v) is 2.34. The van der Waals surface area contributed by atoms with Crippen LogP contribution in [0.2, 0.25) is 0 Å². The molecule has 0 amide bonds. The van der Waals surface area contributed by atoms with Crippen molar-refractivity contribution < 1.29 is 23.1 Å². The molecule has 1 atom stereocenters. The van der Waals surface area contributed by atoms with E-state index in [1.165, 1.54) is 13.0 Å². The van der Waals surface area contributed by atoms with Gasteiger partial charge in [0.1, 0.15) is 5.75 Å². The summed E-state index contributed by atoms with van der Waals surface area (Å²) in [5, 5.41) is 8.87. The van der Waals surface area contributed by atoms with E-state index in [0.29, 0.717) is 11.3 Å². The predicted octanol–water partition coefficient (Wildman–Crippen LogP) is 0.966. The minimum absolute atomic E-state index is 0.279. The third kappa shape index (κ3) is 2.33. The smallest absolute Gasteiger partial charge is 0.310 e. The minimum Gasteiger partial charge on any atom is -0.481 e. The van der Waals surface area contributed by atoms with E-state index in [1.807, 2.05) is 0 Å². The third-order valence-electron chi connectivity index (χ3n) is 2.51. The molecule has 1 aliphatic heterocycles. The lowest BCUT2D eigenvalue weighted by molar-refractivity contribution is -0.138. The van der Waals surface area contributed by atoms with Crippen molar-refractivity contribution in [3.63, 3.8) is 0 Å². The van der Waals surface area contributed by atoms with Gasteiger partial charge in [-0.2, -0.15) is 0 Å². The number of nitrogens with one attached hydrogen (secondary N) is 1. The molecule has 0 saturated carbocycles. The first-order valence-electron chi connectivity index (χ1n) is 4.89. The van der Waals surface area contributed by atoms with Crippen molar-refractivity contribution in [1.29, 1.82) is 0 Å². The van der Waals surface area contributed by atoms with Crippen LogP contribution in [0.15, 0.2) is 18.2 Å². The number of sulfonamides is 1. The molecule has 7 heteroatoms. The number of hydrogen-bond acceptors (Lipinski definition) is 4. The molecule has 1 aliphatic rings. The van der Waals surface area contributed by atoms with Crippen LogP contribution < -0.4 is 9.46 Å². The number of carbonyl (C=O) groups is 1. The van der Waals surface area contributed by atoms with Crippen LogP contribution in [-0.4, -0.2) is 25.4 Å². The minimum atomic E-state index is -3.48. The van der Waals surface area contributed by atoms with Crippen molar-refractivity contribution in [2.24, 2.45) is 0 Å². The zero-order valence-corrected chi connectivity index (χ0v) is 9.82. The maximum absolute atomic E-state index is 11.3. The number of fused-ring (bicyclic) bond motifs is 1. The molecule has 0 bridgehead atoms. The Bertz CT molecular complexity index is 566. The molecule has 0 saturated heterocycles. The van der Waals surface area contributed by atoms with Gasteiger partial charge in [0.15, 0.2) is 0 Å². The van der Waals surface area contributed by atoms with E-state index < -0.39 is 27.8 Å². The molecule has 0 spiro atoms. The second-order valence-electron chi connectivity index (χ2n) is 3.79. The summed E-state index contributed by atoms with van der Waals surface area (Å²) >= 11 is 0. The monoisotopic (exact) mass is 257 g/mol. The van der Waals surface area contributed by atoms with Gasteiger partial charge in [0.2, 0.25) is 5.94 Å². The van der Waals surface area contributed by atoms with Crippen molar-refractivity contribution in [3.8, 4) is 5.75 Å². The third-order valence-corrected chi connectivity index (χ3v) is 3.47. The molecule has 2 N–H and O–H groups in total. The molecule has 1 heterocycles. The van der Waals surface area contributed by atoms with E-state index in [4.69, 9.17) is 9.84 Å². The Morgan fingerprint density at radius 3 is 2.88 bits per heavy atom. The first-order chi connectivity index (χ1) is 7.89. The standard InChI is InChI=1S/C10H11NO5S/c1-6(10(12)13)7-2-3-9-8(4-7)11-17(14,15)5-16-9/h2-4,6,11H,5H2,1H3,(H,12,13). The Kier molecular flexibility index (Phi) is 2.70. The molecular formula is C10H11NO5S. The van der Waals surface area contributed by atoms with Crippen molar-refractivity contribution in [2.75, 3.05) is 10.7 Å². The molecular weight excluding hydrogens is 246 g/mol. The van der Waals surface area contributed by atoms with Gasteiger partial charge in [-0.3, -0.25) is 9.52 Å². The maximum Gasteiger partial charge on any atom is 0.310 e. The highest BCUT2D eigenvalue weighted by atomic mass is 32.2. The van der Waals surface area contributed by atoms with Crippen LogP contribution in [-0.2, 0) is 14.8 Å². The Hall–Kier alpha value is -1.76. The largest absolute Gasteiger partial charge is 0.481 e. The van der Waals surface area contributed by atoms with Gasteiger partial charge in [-0.05, 0) is 24.6 Å². The molecule has 1 aromatic carbocycles. The van der Waals surface area contributed by atoms with Gasteiger partial charge in [-0.25, -0.2) is 8.42 Å². The molecule has 1 aromatic rings. The van der Waals surface area contributed by atoms with Crippen LogP contribution >= 0.6 is 0 Å². The second-order valence-corrected chi connectivity index (χ2v) is 5.46. The summed E-state index contributed by atoms with van der Waals surface area (Å²) in [6, 6.07) is 4.65. The Balaban J connectivity index is 2.40.